The summed E-state index contributed by atoms with van der Waals surface area (Å²) in [6, 6.07) is 27.0. The van der Waals surface area contributed by atoms with Crippen molar-refractivity contribution in [1.29, 1.82) is 0 Å². The van der Waals surface area contributed by atoms with Crippen LogP contribution < -0.4 is 5.32 Å². The summed E-state index contributed by atoms with van der Waals surface area (Å²) in [5, 5.41) is 24.3. The van der Waals surface area contributed by atoms with E-state index in [1.54, 1.807) is 24.3 Å². The quantitative estimate of drug-likeness (QED) is 0.152. The Morgan fingerprint density at radius 2 is 1.71 bits per heavy atom. The van der Waals surface area contributed by atoms with Crippen molar-refractivity contribution in [3.8, 4) is 11.1 Å². The molecule has 0 radical (unpaired) electrons. The number of aromatic nitrogens is 1. The number of aromatic carboxylic acids is 1. The summed E-state index contributed by atoms with van der Waals surface area (Å²) in [6.07, 6.45) is 2.62. The molecule has 1 aromatic heterocycles. The van der Waals surface area contributed by atoms with Crippen LogP contribution >= 0.6 is 0 Å². The van der Waals surface area contributed by atoms with Crippen LogP contribution in [0.1, 0.15) is 57.3 Å². The number of carboxylic acids is 1. The van der Waals surface area contributed by atoms with Gasteiger partial charge in [-0.3, -0.25) is 14.9 Å². The van der Waals surface area contributed by atoms with Crippen LogP contribution in [-0.2, 0) is 13.0 Å². The number of carbonyl (C=O) groups is 2. The number of hydrogen-bond acceptors (Lipinski definition) is 4. The molecule has 4 aromatic carbocycles. The molecule has 0 bridgehead atoms. The third-order valence-corrected chi connectivity index (χ3v) is 7.37. The largest absolute Gasteiger partial charge is 0.478 e. The van der Waals surface area contributed by atoms with Gasteiger partial charge in [-0.1, -0.05) is 55.5 Å². The van der Waals surface area contributed by atoms with E-state index in [1.807, 2.05) is 68.6 Å². The van der Waals surface area contributed by atoms with Gasteiger partial charge in [0.25, 0.3) is 11.6 Å². The number of hydrogen-bond donors (Lipinski definition) is 2. The van der Waals surface area contributed by atoms with Gasteiger partial charge in [0.05, 0.1) is 16.5 Å². The maximum Gasteiger partial charge on any atom is 0.335 e. The van der Waals surface area contributed by atoms with Crippen molar-refractivity contribution < 1.29 is 19.6 Å². The average molecular weight is 548 g/mol. The van der Waals surface area contributed by atoms with Gasteiger partial charge in [0.15, 0.2) is 0 Å². The summed E-state index contributed by atoms with van der Waals surface area (Å²) in [4.78, 5) is 35.1. The third kappa shape index (κ3) is 5.72. The molecular formula is C33H29N3O5. The Labute approximate surface area is 237 Å². The predicted molar refractivity (Wildman–Crippen MR) is 158 cm³/mol. The van der Waals surface area contributed by atoms with Gasteiger partial charge < -0.3 is 15.0 Å². The fourth-order valence-corrected chi connectivity index (χ4v) is 5.11. The number of amides is 1. The van der Waals surface area contributed by atoms with Gasteiger partial charge in [0.2, 0.25) is 0 Å². The second-order valence-corrected chi connectivity index (χ2v) is 9.95. The molecule has 1 amide bonds. The third-order valence-electron chi connectivity index (χ3n) is 7.37. The zero-order valence-electron chi connectivity index (χ0n) is 22.7. The number of nitrogens with zero attached hydrogens (tertiary/aromatic N) is 2. The standard InChI is InChI=1S/C33H29N3O5/c1-3-22-18-24(10-14-30(22)33(38)39)29-7-5-4-6-27(29)20-35-17-16-25-19-26(11-15-31(25)35)32(37)34-21(2)23-8-12-28(13-9-23)36(40)41/h4-19,21H,3,20H2,1-2H3,(H,34,37)(H,38,39). The topological polar surface area (TPSA) is 114 Å². The molecule has 1 unspecified atom stereocenters. The maximum absolute atomic E-state index is 13.0. The Morgan fingerprint density at radius 1 is 0.951 bits per heavy atom. The van der Waals surface area contributed by atoms with Crippen LogP contribution in [0.3, 0.4) is 0 Å². The van der Waals surface area contributed by atoms with Gasteiger partial charge in [0.1, 0.15) is 0 Å². The molecule has 0 aliphatic carbocycles. The first-order valence-electron chi connectivity index (χ1n) is 13.3. The molecule has 8 nitrogen and oxygen atoms in total. The molecule has 1 atom stereocenters. The Morgan fingerprint density at radius 3 is 2.41 bits per heavy atom. The van der Waals surface area contributed by atoms with Crippen molar-refractivity contribution in [2.45, 2.75) is 32.9 Å². The molecule has 0 aliphatic rings. The molecule has 1 heterocycles. The van der Waals surface area contributed by atoms with Crippen molar-refractivity contribution in [3.63, 3.8) is 0 Å². The highest BCUT2D eigenvalue weighted by molar-refractivity contribution is 5.98. The van der Waals surface area contributed by atoms with Gasteiger partial charge in [0, 0.05) is 41.3 Å². The van der Waals surface area contributed by atoms with Crippen LogP contribution in [-0.4, -0.2) is 26.5 Å². The number of nitrogens with one attached hydrogen (secondary N) is 1. The van der Waals surface area contributed by atoms with Crippen molar-refractivity contribution in [1.82, 2.24) is 9.88 Å². The minimum atomic E-state index is -0.922. The highest BCUT2D eigenvalue weighted by atomic mass is 16.6. The number of aryl methyl sites for hydroxylation is 1. The van der Waals surface area contributed by atoms with E-state index in [2.05, 4.69) is 16.0 Å². The summed E-state index contributed by atoms with van der Waals surface area (Å²) >= 11 is 0. The van der Waals surface area contributed by atoms with E-state index >= 15 is 0 Å². The van der Waals surface area contributed by atoms with Crippen LogP contribution in [0.4, 0.5) is 5.69 Å². The van der Waals surface area contributed by atoms with Gasteiger partial charge in [-0.25, -0.2) is 4.79 Å². The Balaban J connectivity index is 1.36. The molecule has 0 spiro atoms. The van der Waals surface area contributed by atoms with Crippen molar-refractivity contribution in [3.05, 3.63) is 135 Å². The molecule has 0 aliphatic heterocycles. The number of fused-ring (bicyclic) bond motifs is 1. The van der Waals surface area contributed by atoms with Crippen LogP contribution in [0, 0.1) is 10.1 Å². The summed E-state index contributed by atoms with van der Waals surface area (Å²) in [5.41, 5.74) is 6.51. The van der Waals surface area contributed by atoms with E-state index in [1.165, 1.54) is 12.1 Å². The predicted octanol–water partition coefficient (Wildman–Crippen LogP) is 7.02. The minimum absolute atomic E-state index is 0.00617. The van der Waals surface area contributed by atoms with Crippen molar-refractivity contribution in [2.24, 2.45) is 0 Å². The SMILES string of the molecule is CCc1cc(-c2ccccc2Cn2ccc3cc(C(=O)NC(C)c4ccc([N+](=O)[O-])cc4)ccc32)ccc1C(=O)O. The van der Waals surface area contributed by atoms with E-state index in [0.717, 1.165) is 38.7 Å². The summed E-state index contributed by atoms with van der Waals surface area (Å²) in [5.74, 6) is -1.15. The Hall–Kier alpha value is -5.24. The zero-order chi connectivity index (χ0) is 29.1. The van der Waals surface area contributed by atoms with Gasteiger partial charge in [-0.05, 0) is 71.5 Å². The van der Waals surface area contributed by atoms with Crippen molar-refractivity contribution >= 4 is 28.5 Å². The number of nitro benzene ring substituents is 1. The first kappa shape index (κ1) is 27.3. The monoisotopic (exact) mass is 547 g/mol. The van der Waals surface area contributed by atoms with Crippen LogP contribution in [0.2, 0.25) is 0 Å². The minimum Gasteiger partial charge on any atom is -0.478 e. The number of non-ortho nitro benzene ring substituents is 1. The first-order valence-corrected chi connectivity index (χ1v) is 13.3. The highest BCUT2D eigenvalue weighted by Crippen LogP contribution is 2.29. The van der Waals surface area contributed by atoms with Gasteiger partial charge in [-0.2, -0.15) is 0 Å². The molecule has 0 fully saturated rings. The second kappa shape index (κ2) is 11.5. The van der Waals surface area contributed by atoms with E-state index in [9.17, 15) is 24.8 Å². The molecule has 206 valence electrons. The zero-order valence-corrected chi connectivity index (χ0v) is 22.7. The van der Waals surface area contributed by atoms with Gasteiger partial charge >= 0.3 is 5.97 Å². The average Bonchev–Trinajstić information content (AvgIpc) is 3.38. The smallest absolute Gasteiger partial charge is 0.335 e. The van der Waals surface area contributed by atoms with E-state index in [0.29, 0.717) is 24.1 Å². The summed E-state index contributed by atoms with van der Waals surface area (Å²) in [6.45, 7) is 4.39. The van der Waals surface area contributed by atoms with Crippen LogP contribution in [0.25, 0.3) is 22.0 Å². The number of carboxylic acid groups (broad SMARTS) is 1. The van der Waals surface area contributed by atoms with E-state index in [4.69, 9.17) is 0 Å². The molecular weight excluding hydrogens is 518 g/mol. The first-order chi connectivity index (χ1) is 19.7. The number of carbonyl (C=O) groups excluding carboxylic acids is 1. The number of benzene rings is 4. The fourth-order valence-electron chi connectivity index (χ4n) is 5.11. The molecule has 8 heteroatoms. The Kier molecular flexibility index (Phi) is 7.65. The van der Waals surface area contributed by atoms with Crippen LogP contribution in [0.5, 0.6) is 0 Å². The Bertz CT molecular complexity index is 1770. The van der Waals surface area contributed by atoms with Crippen molar-refractivity contribution in [2.75, 3.05) is 0 Å². The lowest BCUT2D eigenvalue weighted by atomic mass is 9.94. The number of nitro groups is 1. The van der Waals surface area contributed by atoms with Gasteiger partial charge in [-0.15, -0.1) is 0 Å². The molecule has 0 saturated carbocycles. The summed E-state index contributed by atoms with van der Waals surface area (Å²) < 4.78 is 2.13. The molecule has 0 saturated heterocycles. The van der Waals surface area contributed by atoms with E-state index in [-0.39, 0.29) is 17.6 Å². The highest BCUT2D eigenvalue weighted by Gasteiger charge is 2.16. The fraction of sp³-hybridized carbons (Fsp3) is 0.152. The van der Waals surface area contributed by atoms with Crippen LogP contribution in [0.15, 0.2) is 97.2 Å². The second-order valence-electron chi connectivity index (χ2n) is 9.95. The lowest BCUT2D eigenvalue weighted by Crippen LogP contribution is -2.26. The lowest BCUT2D eigenvalue weighted by molar-refractivity contribution is -0.384. The number of rotatable bonds is 9. The normalized spacial score (nSPS) is 11.8. The maximum atomic E-state index is 13.0. The summed E-state index contributed by atoms with van der Waals surface area (Å²) in [7, 11) is 0. The molecule has 41 heavy (non-hydrogen) atoms. The molecule has 5 rings (SSSR count). The molecule has 5 aromatic rings. The molecule has 2 N–H and O–H groups in total. The van der Waals surface area contributed by atoms with E-state index < -0.39 is 10.9 Å². The lowest BCUT2D eigenvalue weighted by Gasteiger charge is -2.15.